The van der Waals surface area contributed by atoms with Crippen LogP contribution in [0.3, 0.4) is 0 Å². The summed E-state index contributed by atoms with van der Waals surface area (Å²) in [6.45, 7) is 9.63. The van der Waals surface area contributed by atoms with E-state index in [1.807, 2.05) is 6.92 Å². The third-order valence-electron chi connectivity index (χ3n) is 4.94. The first-order valence-electron chi connectivity index (χ1n) is 9.35. The molecule has 0 aliphatic heterocycles. The smallest absolute Gasteiger partial charge is 0.306 e. The van der Waals surface area contributed by atoms with Crippen molar-refractivity contribution >= 4 is 16.9 Å². The van der Waals surface area contributed by atoms with Crippen molar-refractivity contribution in [2.24, 2.45) is 0 Å². The minimum atomic E-state index is -0.171. The van der Waals surface area contributed by atoms with Crippen LogP contribution in [0.5, 0.6) is 11.8 Å². The molecule has 2 heterocycles. The van der Waals surface area contributed by atoms with Gasteiger partial charge in [-0.1, -0.05) is 31.9 Å². The number of rotatable bonds is 5. The highest BCUT2D eigenvalue weighted by atomic mass is 16.5. The molecule has 1 aromatic carbocycles. The molecule has 0 saturated heterocycles. The van der Waals surface area contributed by atoms with Crippen molar-refractivity contribution in [1.82, 2.24) is 19.5 Å². The Morgan fingerprint density at radius 3 is 2.89 bits per heavy atom. The third kappa shape index (κ3) is 3.31. The highest BCUT2D eigenvalue weighted by Gasteiger charge is 2.23. The van der Waals surface area contributed by atoms with Gasteiger partial charge < -0.3 is 9.72 Å². The predicted octanol–water partition coefficient (Wildman–Crippen LogP) is 4.53. The number of nitrogens with one attached hydrogen (secondary N) is 1. The topological polar surface area (TPSA) is 77.2 Å². The summed E-state index contributed by atoms with van der Waals surface area (Å²) in [6.07, 6.45) is 5.35. The standard InChI is InChI=1S/C20H21N5O2/c1-3-11-25-19(26)16-18(23-17(22-16)13-7-4-5-8-13)24-20(25)27-15-10-6-9-14(12-15)21-2/h6,9-10,12-13H,3-5,7-8,11H2,1H3,(H,22,23). The van der Waals surface area contributed by atoms with Crippen molar-refractivity contribution in [3.63, 3.8) is 0 Å². The van der Waals surface area contributed by atoms with Gasteiger partial charge in [-0.15, -0.1) is 0 Å². The van der Waals surface area contributed by atoms with Crippen molar-refractivity contribution < 1.29 is 4.74 Å². The van der Waals surface area contributed by atoms with Gasteiger partial charge in [-0.3, -0.25) is 9.36 Å². The van der Waals surface area contributed by atoms with Crippen LogP contribution in [0.4, 0.5) is 5.69 Å². The maximum Gasteiger partial charge on any atom is 0.306 e. The minimum absolute atomic E-state index is 0.171. The molecule has 0 bridgehead atoms. The summed E-state index contributed by atoms with van der Waals surface area (Å²) in [6, 6.07) is 7.04. The summed E-state index contributed by atoms with van der Waals surface area (Å²) in [7, 11) is 0. The lowest BCUT2D eigenvalue weighted by Gasteiger charge is -2.11. The normalized spacial score (nSPS) is 14.5. The second-order valence-electron chi connectivity index (χ2n) is 6.86. The zero-order valence-corrected chi connectivity index (χ0v) is 15.2. The average molecular weight is 363 g/mol. The first-order valence-corrected chi connectivity index (χ1v) is 9.35. The summed E-state index contributed by atoms with van der Waals surface area (Å²) in [5.41, 5.74) is 1.13. The highest BCUT2D eigenvalue weighted by Crippen LogP contribution is 2.33. The number of hydrogen-bond acceptors (Lipinski definition) is 4. The zero-order chi connectivity index (χ0) is 18.8. The van der Waals surface area contributed by atoms with Gasteiger partial charge in [-0.2, -0.15) is 4.98 Å². The monoisotopic (exact) mass is 363 g/mol. The summed E-state index contributed by atoms with van der Waals surface area (Å²) in [5, 5.41) is 0. The molecule has 1 saturated carbocycles. The van der Waals surface area contributed by atoms with Crippen LogP contribution in [0.2, 0.25) is 0 Å². The highest BCUT2D eigenvalue weighted by molar-refractivity contribution is 5.70. The van der Waals surface area contributed by atoms with Crippen molar-refractivity contribution in [2.75, 3.05) is 0 Å². The van der Waals surface area contributed by atoms with Gasteiger partial charge in [0, 0.05) is 12.5 Å². The third-order valence-corrected chi connectivity index (χ3v) is 4.94. The molecule has 3 aromatic rings. The molecular weight excluding hydrogens is 342 g/mol. The van der Waals surface area contributed by atoms with Gasteiger partial charge in [0.2, 0.25) is 0 Å². The molecule has 27 heavy (non-hydrogen) atoms. The Balaban J connectivity index is 1.79. The molecule has 0 spiro atoms. The van der Waals surface area contributed by atoms with E-state index in [4.69, 9.17) is 11.3 Å². The number of aromatic amines is 1. The van der Waals surface area contributed by atoms with E-state index >= 15 is 0 Å². The molecule has 0 unspecified atom stereocenters. The van der Waals surface area contributed by atoms with E-state index in [0.29, 0.717) is 35.1 Å². The van der Waals surface area contributed by atoms with Gasteiger partial charge in [0.15, 0.2) is 16.9 Å². The maximum absolute atomic E-state index is 13.0. The lowest BCUT2D eigenvalue weighted by Crippen LogP contribution is -2.23. The van der Waals surface area contributed by atoms with Crippen molar-refractivity contribution in [3.05, 3.63) is 51.9 Å². The molecule has 2 aromatic heterocycles. The van der Waals surface area contributed by atoms with Crippen LogP contribution in [-0.2, 0) is 6.54 Å². The SMILES string of the molecule is [C-]#[N+]c1cccc(Oc2nc3nc(C4CCCC4)[nH]c3c(=O)n2CCC)c1. The Morgan fingerprint density at radius 2 is 2.15 bits per heavy atom. The molecule has 7 heteroatoms. The van der Waals surface area contributed by atoms with Crippen LogP contribution >= 0.6 is 0 Å². The Bertz CT molecular complexity index is 1070. The summed E-state index contributed by atoms with van der Waals surface area (Å²) >= 11 is 0. The number of fused-ring (bicyclic) bond motifs is 1. The van der Waals surface area contributed by atoms with Crippen LogP contribution in [0.15, 0.2) is 29.1 Å². The van der Waals surface area contributed by atoms with Crippen molar-refractivity contribution in [1.29, 1.82) is 0 Å². The molecule has 1 aliphatic rings. The second kappa shape index (κ2) is 7.23. The van der Waals surface area contributed by atoms with Crippen molar-refractivity contribution in [3.8, 4) is 11.8 Å². The van der Waals surface area contributed by atoms with Gasteiger partial charge in [-0.05, 0) is 31.4 Å². The first-order chi connectivity index (χ1) is 13.2. The Labute approximate surface area is 156 Å². The minimum Gasteiger partial charge on any atom is -0.427 e. The molecule has 1 fully saturated rings. The fourth-order valence-electron chi connectivity index (χ4n) is 3.60. The number of hydrogen-bond donors (Lipinski definition) is 1. The molecule has 7 nitrogen and oxygen atoms in total. The maximum atomic E-state index is 13.0. The van der Waals surface area contributed by atoms with Crippen LogP contribution in [0, 0.1) is 6.57 Å². The molecular formula is C20H21N5O2. The zero-order valence-electron chi connectivity index (χ0n) is 15.2. The van der Waals surface area contributed by atoms with Gasteiger partial charge in [0.05, 0.1) is 6.57 Å². The van der Waals surface area contributed by atoms with E-state index in [-0.39, 0.29) is 11.6 Å². The van der Waals surface area contributed by atoms with Gasteiger partial charge in [0.1, 0.15) is 11.6 Å². The van der Waals surface area contributed by atoms with Gasteiger partial charge in [-0.25, -0.2) is 9.83 Å². The van der Waals surface area contributed by atoms with Gasteiger partial charge >= 0.3 is 6.01 Å². The number of benzene rings is 1. The second-order valence-corrected chi connectivity index (χ2v) is 6.86. The van der Waals surface area contributed by atoms with E-state index in [2.05, 4.69) is 19.8 Å². The average Bonchev–Trinajstić information content (AvgIpc) is 3.34. The van der Waals surface area contributed by atoms with E-state index in [1.165, 1.54) is 17.4 Å². The number of imidazole rings is 1. The summed E-state index contributed by atoms with van der Waals surface area (Å²) in [4.78, 5) is 28.7. The van der Waals surface area contributed by atoms with Crippen LogP contribution in [-0.4, -0.2) is 19.5 Å². The fraction of sp³-hybridized carbons (Fsp3) is 0.400. The Hall–Kier alpha value is -3.14. The Kier molecular flexibility index (Phi) is 4.63. The number of aromatic nitrogens is 4. The van der Waals surface area contributed by atoms with E-state index in [1.54, 1.807) is 24.3 Å². The van der Waals surface area contributed by atoms with Gasteiger partial charge in [0.25, 0.3) is 5.56 Å². The molecule has 1 aliphatic carbocycles. The largest absolute Gasteiger partial charge is 0.427 e. The molecule has 1 N–H and O–H groups in total. The molecule has 138 valence electrons. The summed E-state index contributed by atoms with van der Waals surface area (Å²) in [5.74, 6) is 1.70. The lowest BCUT2D eigenvalue weighted by molar-refractivity contribution is 0.398. The number of nitrogens with zero attached hydrogens (tertiary/aromatic N) is 4. The molecule has 4 rings (SSSR count). The quantitative estimate of drug-likeness (QED) is 0.676. The molecule has 0 radical (unpaired) electrons. The molecule has 0 atom stereocenters. The van der Waals surface area contributed by atoms with Crippen molar-refractivity contribution in [2.45, 2.75) is 51.5 Å². The predicted molar refractivity (Wildman–Crippen MR) is 102 cm³/mol. The first kappa shape index (κ1) is 17.3. The van der Waals surface area contributed by atoms with E-state index in [0.717, 1.165) is 25.1 Å². The Morgan fingerprint density at radius 1 is 1.33 bits per heavy atom. The lowest BCUT2D eigenvalue weighted by atomic mass is 10.1. The van der Waals surface area contributed by atoms with Crippen LogP contribution in [0.25, 0.3) is 16.0 Å². The van der Waals surface area contributed by atoms with E-state index in [9.17, 15) is 4.79 Å². The molecule has 0 amide bonds. The number of H-pyrrole nitrogens is 1. The van der Waals surface area contributed by atoms with Crippen LogP contribution in [0.1, 0.15) is 50.8 Å². The number of ether oxygens (including phenoxy) is 1. The fourth-order valence-corrected chi connectivity index (χ4v) is 3.60. The van der Waals surface area contributed by atoms with Crippen LogP contribution < -0.4 is 10.3 Å². The van der Waals surface area contributed by atoms with E-state index < -0.39 is 0 Å². The summed E-state index contributed by atoms with van der Waals surface area (Å²) < 4.78 is 7.41.